The first-order valence-corrected chi connectivity index (χ1v) is 10.0. The van der Waals surface area contributed by atoms with Crippen molar-refractivity contribution in [2.45, 2.75) is 26.2 Å². The van der Waals surface area contributed by atoms with Gasteiger partial charge in [-0.15, -0.1) is 0 Å². The van der Waals surface area contributed by atoms with Crippen LogP contribution in [0.2, 0.25) is 0 Å². The second-order valence-electron chi connectivity index (χ2n) is 7.86. The lowest BCUT2D eigenvalue weighted by molar-refractivity contribution is -0.122. The summed E-state index contributed by atoms with van der Waals surface area (Å²) in [6, 6.07) is 18.1. The Labute approximate surface area is 174 Å². The number of amides is 1. The lowest BCUT2D eigenvalue weighted by atomic mass is 9.88. The molecular formula is C24H31N3O2. The van der Waals surface area contributed by atoms with Crippen molar-refractivity contribution >= 4 is 5.91 Å². The molecule has 5 heteroatoms. The molecule has 0 unspecified atom stereocenters. The standard InChI is InChI=1S/C24H31N3O2/c1-18(2)15-23(24(28)26-12-11-25)21-9-5-7-19(16-21)20-8-6-10-22(17-20)29-14-13-27(3)4/h5-10,16-18,23H,12-15H2,1-4H3,(H,26,28)/t23-/m1/s1. The molecular weight excluding hydrogens is 362 g/mol. The van der Waals surface area contributed by atoms with E-state index in [9.17, 15) is 4.79 Å². The molecule has 0 bridgehead atoms. The molecule has 1 amide bonds. The van der Waals surface area contributed by atoms with Crippen LogP contribution >= 0.6 is 0 Å². The minimum absolute atomic E-state index is 0.0272. The number of nitrogens with one attached hydrogen (secondary N) is 1. The maximum Gasteiger partial charge on any atom is 0.228 e. The number of nitrogens with zero attached hydrogens (tertiary/aromatic N) is 2. The fourth-order valence-corrected chi connectivity index (χ4v) is 3.16. The Balaban J connectivity index is 2.24. The van der Waals surface area contributed by atoms with Crippen molar-refractivity contribution in [3.05, 3.63) is 54.1 Å². The maximum absolute atomic E-state index is 12.6. The van der Waals surface area contributed by atoms with E-state index in [0.717, 1.165) is 35.4 Å². The number of hydrogen-bond acceptors (Lipinski definition) is 4. The molecule has 0 saturated heterocycles. The zero-order valence-corrected chi connectivity index (χ0v) is 17.8. The molecule has 0 fully saturated rings. The quantitative estimate of drug-likeness (QED) is 0.618. The highest BCUT2D eigenvalue weighted by atomic mass is 16.5. The van der Waals surface area contributed by atoms with E-state index >= 15 is 0 Å². The predicted octanol–water partition coefficient (Wildman–Crippen LogP) is 4.06. The molecule has 154 valence electrons. The van der Waals surface area contributed by atoms with Crippen LogP contribution in [-0.4, -0.2) is 44.6 Å². The first-order valence-electron chi connectivity index (χ1n) is 10.0. The normalized spacial score (nSPS) is 11.9. The number of carbonyl (C=O) groups is 1. The van der Waals surface area contributed by atoms with Crippen molar-refractivity contribution < 1.29 is 9.53 Å². The highest BCUT2D eigenvalue weighted by molar-refractivity contribution is 5.84. The molecule has 5 nitrogen and oxygen atoms in total. The summed E-state index contributed by atoms with van der Waals surface area (Å²) in [6.45, 7) is 5.71. The first-order chi connectivity index (χ1) is 13.9. The Bertz CT molecular complexity index is 840. The van der Waals surface area contributed by atoms with E-state index in [2.05, 4.69) is 30.1 Å². The molecule has 2 aromatic rings. The van der Waals surface area contributed by atoms with Crippen molar-refractivity contribution in [1.82, 2.24) is 10.2 Å². The number of nitriles is 1. The highest BCUT2D eigenvalue weighted by Crippen LogP contribution is 2.30. The summed E-state index contributed by atoms with van der Waals surface area (Å²) < 4.78 is 5.86. The third-order valence-corrected chi connectivity index (χ3v) is 4.63. The van der Waals surface area contributed by atoms with Crippen LogP contribution < -0.4 is 10.1 Å². The van der Waals surface area contributed by atoms with Gasteiger partial charge in [0, 0.05) is 6.54 Å². The fraction of sp³-hybridized carbons (Fsp3) is 0.417. The number of rotatable bonds is 10. The summed E-state index contributed by atoms with van der Waals surface area (Å²) in [6.07, 6.45) is 0.731. The van der Waals surface area contributed by atoms with E-state index in [-0.39, 0.29) is 18.4 Å². The highest BCUT2D eigenvalue weighted by Gasteiger charge is 2.22. The van der Waals surface area contributed by atoms with Gasteiger partial charge in [0.2, 0.25) is 5.91 Å². The fourth-order valence-electron chi connectivity index (χ4n) is 3.16. The van der Waals surface area contributed by atoms with Crippen LogP contribution in [0.5, 0.6) is 5.75 Å². The number of ether oxygens (including phenoxy) is 1. The van der Waals surface area contributed by atoms with Crippen molar-refractivity contribution in [2.24, 2.45) is 5.92 Å². The summed E-state index contributed by atoms with van der Waals surface area (Å²) in [5.74, 6) is 0.825. The summed E-state index contributed by atoms with van der Waals surface area (Å²) in [5, 5.41) is 11.5. The largest absolute Gasteiger partial charge is 0.492 e. The Morgan fingerprint density at radius 2 is 1.83 bits per heavy atom. The third kappa shape index (κ3) is 7.24. The summed E-state index contributed by atoms with van der Waals surface area (Å²) in [7, 11) is 4.04. The minimum atomic E-state index is -0.275. The first kappa shape index (κ1) is 22.4. The number of hydrogen-bond donors (Lipinski definition) is 1. The lowest BCUT2D eigenvalue weighted by Gasteiger charge is -2.19. The van der Waals surface area contributed by atoms with Gasteiger partial charge in [-0.25, -0.2) is 0 Å². The maximum atomic E-state index is 12.6. The smallest absolute Gasteiger partial charge is 0.228 e. The molecule has 0 aliphatic carbocycles. The van der Waals surface area contributed by atoms with Gasteiger partial charge in [-0.3, -0.25) is 4.79 Å². The topological polar surface area (TPSA) is 65.4 Å². The van der Waals surface area contributed by atoms with Crippen molar-refractivity contribution in [2.75, 3.05) is 33.8 Å². The molecule has 0 radical (unpaired) electrons. The van der Waals surface area contributed by atoms with Gasteiger partial charge in [0.1, 0.15) is 18.9 Å². The SMILES string of the molecule is CC(C)C[C@@H](C(=O)NCC#N)c1cccc(-c2cccc(OCCN(C)C)c2)c1. The monoisotopic (exact) mass is 393 g/mol. The number of benzene rings is 2. The Kier molecular flexibility index (Phi) is 8.69. The third-order valence-electron chi connectivity index (χ3n) is 4.63. The molecule has 2 rings (SSSR count). The van der Waals surface area contributed by atoms with E-state index in [1.165, 1.54) is 0 Å². The van der Waals surface area contributed by atoms with Crippen LogP contribution in [0.3, 0.4) is 0 Å². The zero-order valence-electron chi connectivity index (χ0n) is 17.8. The lowest BCUT2D eigenvalue weighted by Crippen LogP contribution is -2.30. The number of likely N-dealkylation sites (N-methyl/N-ethyl adjacent to an activating group) is 1. The van der Waals surface area contributed by atoms with Crippen LogP contribution in [0.15, 0.2) is 48.5 Å². The molecule has 0 saturated carbocycles. The van der Waals surface area contributed by atoms with Crippen LogP contribution in [0, 0.1) is 17.2 Å². The van der Waals surface area contributed by atoms with E-state index in [0.29, 0.717) is 12.5 Å². The van der Waals surface area contributed by atoms with Gasteiger partial charge >= 0.3 is 0 Å². The van der Waals surface area contributed by atoms with E-state index < -0.39 is 0 Å². The van der Waals surface area contributed by atoms with Crippen molar-refractivity contribution in [3.8, 4) is 22.9 Å². The van der Waals surface area contributed by atoms with Crippen LogP contribution in [-0.2, 0) is 4.79 Å². The molecule has 1 N–H and O–H groups in total. The van der Waals surface area contributed by atoms with Crippen LogP contribution in [0.1, 0.15) is 31.7 Å². The zero-order chi connectivity index (χ0) is 21.2. The minimum Gasteiger partial charge on any atom is -0.492 e. The molecule has 0 aromatic heterocycles. The van der Waals surface area contributed by atoms with Crippen LogP contribution in [0.4, 0.5) is 0 Å². The van der Waals surface area contributed by atoms with E-state index in [4.69, 9.17) is 10.00 Å². The summed E-state index contributed by atoms with van der Waals surface area (Å²) >= 11 is 0. The van der Waals surface area contributed by atoms with Gasteiger partial charge in [0.15, 0.2) is 0 Å². The van der Waals surface area contributed by atoms with Crippen molar-refractivity contribution in [3.63, 3.8) is 0 Å². The molecule has 0 aliphatic rings. The molecule has 2 aromatic carbocycles. The van der Waals surface area contributed by atoms with Crippen molar-refractivity contribution in [1.29, 1.82) is 5.26 Å². The summed E-state index contributed by atoms with van der Waals surface area (Å²) in [4.78, 5) is 14.7. The average Bonchev–Trinajstić information content (AvgIpc) is 2.70. The Hall–Kier alpha value is -2.84. The molecule has 29 heavy (non-hydrogen) atoms. The van der Waals surface area contributed by atoms with E-state index in [1.54, 1.807) is 0 Å². The number of carbonyl (C=O) groups excluding carboxylic acids is 1. The van der Waals surface area contributed by atoms with E-state index in [1.807, 2.05) is 62.6 Å². The average molecular weight is 394 g/mol. The summed E-state index contributed by atoms with van der Waals surface area (Å²) in [5.41, 5.74) is 3.06. The van der Waals surface area contributed by atoms with Crippen LogP contribution in [0.25, 0.3) is 11.1 Å². The predicted molar refractivity (Wildman–Crippen MR) is 117 cm³/mol. The van der Waals surface area contributed by atoms with Gasteiger partial charge in [0.25, 0.3) is 0 Å². The molecule has 0 heterocycles. The molecule has 0 aliphatic heterocycles. The molecule has 1 atom stereocenters. The second kappa shape index (κ2) is 11.2. The van der Waals surface area contributed by atoms with Gasteiger partial charge in [-0.05, 0) is 55.3 Å². The molecule has 0 spiro atoms. The van der Waals surface area contributed by atoms with Gasteiger partial charge in [0.05, 0.1) is 12.0 Å². The van der Waals surface area contributed by atoms with Gasteiger partial charge < -0.3 is 15.0 Å². The van der Waals surface area contributed by atoms with Gasteiger partial charge in [-0.1, -0.05) is 50.2 Å². The Morgan fingerprint density at radius 3 is 2.48 bits per heavy atom. The van der Waals surface area contributed by atoms with Gasteiger partial charge in [-0.2, -0.15) is 5.26 Å². The Morgan fingerprint density at radius 1 is 1.14 bits per heavy atom. The second-order valence-corrected chi connectivity index (χ2v) is 7.86.